The van der Waals surface area contributed by atoms with E-state index in [0.717, 1.165) is 24.3 Å². The lowest BCUT2D eigenvalue weighted by Gasteiger charge is -2.57. The van der Waals surface area contributed by atoms with Crippen molar-refractivity contribution in [3.05, 3.63) is 0 Å². The Hall–Kier alpha value is -0.280. The number of rotatable bonds is 4. The first kappa shape index (κ1) is 23.9. The summed E-state index contributed by atoms with van der Waals surface area (Å²) in [6.07, 6.45) is 11.5. The van der Waals surface area contributed by atoms with Crippen molar-refractivity contribution in [3.8, 4) is 0 Å². The Labute approximate surface area is 188 Å². The minimum atomic E-state index is 0.476. The predicted octanol–water partition coefficient (Wildman–Crippen LogP) is 3.27. The van der Waals surface area contributed by atoms with Crippen molar-refractivity contribution in [1.82, 2.24) is 5.06 Å². The first-order chi connectivity index (χ1) is 15.3. The minimum absolute atomic E-state index is 0.476. The first-order valence-electron chi connectivity index (χ1n) is 12.6. The Morgan fingerprint density at radius 2 is 1.03 bits per heavy atom. The van der Waals surface area contributed by atoms with E-state index >= 15 is 0 Å². The maximum absolute atomic E-state index is 5.99. The zero-order chi connectivity index (χ0) is 21.2. The molecule has 1 saturated heterocycles. The van der Waals surface area contributed by atoms with Crippen molar-refractivity contribution in [1.29, 1.82) is 0 Å². The van der Waals surface area contributed by atoms with E-state index in [0.29, 0.717) is 78.2 Å². The van der Waals surface area contributed by atoms with Gasteiger partial charge in [0.1, 0.15) is 6.73 Å². The minimum Gasteiger partial charge on any atom is -0.377 e. The second-order valence-electron chi connectivity index (χ2n) is 10.0. The maximum Gasteiger partial charge on any atom is 0.122 e. The molecule has 5 fully saturated rings. The van der Waals surface area contributed by atoms with E-state index in [1.807, 2.05) is 5.06 Å². The summed E-state index contributed by atoms with van der Waals surface area (Å²) in [6, 6.07) is 0. The number of ether oxygens (including phenoxy) is 5. The summed E-state index contributed by atoms with van der Waals surface area (Å²) in [5.74, 6) is 3.07. The summed E-state index contributed by atoms with van der Waals surface area (Å²) in [4.78, 5) is 5.99. The molecule has 0 aromatic heterocycles. The Balaban J connectivity index is 1.17. The van der Waals surface area contributed by atoms with E-state index in [-0.39, 0.29) is 0 Å². The highest BCUT2D eigenvalue weighted by molar-refractivity contribution is 5.01. The van der Waals surface area contributed by atoms with Crippen LogP contribution in [0.15, 0.2) is 0 Å². The Morgan fingerprint density at radius 3 is 1.55 bits per heavy atom. The van der Waals surface area contributed by atoms with Crippen LogP contribution in [0.25, 0.3) is 0 Å². The van der Waals surface area contributed by atoms with Gasteiger partial charge in [0.15, 0.2) is 0 Å². The van der Waals surface area contributed by atoms with Crippen LogP contribution in [-0.2, 0) is 28.5 Å². The molecule has 4 bridgehead atoms. The van der Waals surface area contributed by atoms with Gasteiger partial charge in [-0.1, -0.05) is 0 Å². The molecule has 0 unspecified atom stereocenters. The molecule has 1 heterocycles. The van der Waals surface area contributed by atoms with E-state index in [4.69, 9.17) is 28.5 Å². The SMILES string of the molecule is C(CN1COCCOCCOCCOCCOCCO1)CC12CC3CC(CC(C3)C1)C2. The summed E-state index contributed by atoms with van der Waals surface area (Å²) in [6.45, 7) is 7.13. The highest BCUT2D eigenvalue weighted by Gasteiger charge is 2.50. The van der Waals surface area contributed by atoms with Crippen molar-refractivity contribution in [2.45, 2.75) is 51.4 Å². The lowest BCUT2D eigenvalue weighted by atomic mass is 9.48. The van der Waals surface area contributed by atoms with Gasteiger partial charge in [-0.05, 0) is 74.5 Å². The van der Waals surface area contributed by atoms with Gasteiger partial charge in [0, 0.05) is 6.54 Å². The number of nitrogens with zero attached hydrogens (tertiary/aromatic N) is 1. The normalized spacial score (nSPS) is 37.4. The molecule has 1 aliphatic heterocycles. The smallest absolute Gasteiger partial charge is 0.122 e. The summed E-state index contributed by atoms with van der Waals surface area (Å²) in [7, 11) is 0. The second kappa shape index (κ2) is 12.8. The molecule has 0 radical (unpaired) electrons. The summed E-state index contributed by atoms with van der Waals surface area (Å²) >= 11 is 0. The third-order valence-electron chi connectivity index (χ3n) is 7.50. The van der Waals surface area contributed by atoms with Gasteiger partial charge in [-0.3, -0.25) is 4.84 Å². The molecule has 7 nitrogen and oxygen atoms in total. The van der Waals surface area contributed by atoms with Crippen molar-refractivity contribution in [2.24, 2.45) is 23.2 Å². The van der Waals surface area contributed by atoms with Crippen LogP contribution in [0.5, 0.6) is 0 Å². The molecule has 0 spiro atoms. The highest BCUT2D eigenvalue weighted by atomic mass is 16.7. The molecular weight excluding hydrogens is 398 g/mol. The summed E-state index contributed by atoms with van der Waals surface area (Å²) in [5.41, 5.74) is 0.630. The van der Waals surface area contributed by atoms with E-state index in [2.05, 4.69) is 0 Å². The molecule has 4 saturated carbocycles. The van der Waals surface area contributed by atoms with Crippen LogP contribution < -0.4 is 0 Å². The molecule has 0 aromatic rings. The zero-order valence-corrected chi connectivity index (χ0v) is 19.3. The molecule has 31 heavy (non-hydrogen) atoms. The molecule has 0 N–H and O–H groups in total. The standard InChI is InChI=1S/C24H43NO6/c1(2-24-17-21-14-22(18-24)16-23(15-21)19-24)3-25-20-30-11-10-28-7-6-26-4-5-27-8-9-29-12-13-31-25/h21-23H,1-20H2. The average Bonchev–Trinajstić information content (AvgIpc) is 2.73. The Bertz CT molecular complexity index is 451. The van der Waals surface area contributed by atoms with Crippen LogP contribution in [0.2, 0.25) is 0 Å². The molecule has 5 aliphatic rings. The Morgan fingerprint density at radius 1 is 0.581 bits per heavy atom. The van der Waals surface area contributed by atoms with Gasteiger partial charge in [0.05, 0.1) is 66.1 Å². The maximum atomic E-state index is 5.99. The quantitative estimate of drug-likeness (QED) is 0.664. The third kappa shape index (κ3) is 7.91. The van der Waals surface area contributed by atoms with Crippen molar-refractivity contribution in [3.63, 3.8) is 0 Å². The average molecular weight is 442 g/mol. The molecule has 0 atom stereocenters. The van der Waals surface area contributed by atoms with Crippen LogP contribution in [0, 0.1) is 23.2 Å². The van der Waals surface area contributed by atoms with E-state index < -0.39 is 0 Å². The van der Waals surface area contributed by atoms with Crippen LogP contribution in [0.4, 0.5) is 0 Å². The summed E-state index contributed by atoms with van der Waals surface area (Å²) in [5, 5.41) is 1.98. The lowest BCUT2D eigenvalue weighted by molar-refractivity contribution is -0.218. The van der Waals surface area contributed by atoms with E-state index in [9.17, 15) is 0 Å². The van der Waals surface area contributed by atoms with Crippen LogP contribution in [0.1, 0.15) is 51.4 Å². The van der Waals surface area contributed by atoms with Crippen LogP contribution in [0.3, 0.4) is 0 Å². The monoisotopic (exact) mass is 441 g/mol. The molecule has 180 valence electrons. The fourth-order valence-electron chi connectivity index (χ4n) is 6.66. The number of hydrogen-bond donors (Lipinski definition) is 0. The van der Waals surface area contributed by atoms with Gasteiger partial charge >= 0.3 is 0 Å². The van der Waals surface area contributed by atoms with Gasteiger partial charge in [-0.15, -0.1) is 0 Å². The molecule has 0 amide bonds. The molecule has 5 rings (SSSR count). The molecule has 7 heteroatoms. The van der Waals surface area contributed by atoms with Crippen LogP contribution in [-0.4, -0.2) is 84.4 Å². The topological polar surface area (TPSA) is 58.6 Å². The molecule has 0 aromatic carbocycles. The predicted molar refractivity (Wildman–Crippen MR) is 117 cm³/mol. The van der Waals surface area contributed by atoms with Crippen molar-refractivity contribution >= 4 is 0 Å². The summed E-state index contributed by atoms with van der Waals surface area (Å²) < 4.78 is 28.0. The largest absolute Gasteiger partial charge is 0.377 e. The van der Waals surface area contributed by atoms with Gasteiger partial charge in [-0.25, -0.2) is 0 Å². The van der Waals surface area contributed by atoms with E-state index in [1.54, 1.807) is 0 Å². The second-order valence-corrected chi connectivity index (χ2v) is 10.0. The Kier molecular flexibility index (Phi) is 9.87. The number of hydroxylamine groups is 2. The van der Waals surface area contributed by atoms with Gasteiger partial charge in [-0.2, -0.15) is 5.06 Å². The highest BCUT2D eigenvalue weighted by Crippen LogP contribution is 2.61. The van der Waals surface area contributed by atoms with Crippen LogP contribution >= 0.6 is 0 Å². The molecule has 4 aliphatic carbocycles. The van der Waals surface area contributed by atoms with E-state index in [1.165, 1.54) is 51.4 Å². The fraction of sp³-hybridized carbons (Fsp3) is 1.00. The molecular formula is C24H43NO6. The zero-order valence-electron chi connectivity index (χ0n) is 19.3. The van der Waals surface area contributed by atoms with Gasteiger partial charge < -0.3 is 23.7 Å². The van der Waals surface area contributed by atoms with Crippen molar-refractivity contribution in [2.75, 3.05) is 79.3 Å². The first-order valence-corrected chi connectivity index (χ1v) is 12.6. The van der Waals surface area contributed by atoms with Gasteiger partial charge in [0.2, 0.25) is 0 Å². The number of hydrogen-bond acceptors (Lipinski definition) is 7. The fourth-order valence-corrected chi connectivity index (χ4v) is 6.66. The third-order valence-corrected chi connectivity index (χ3v) is 7.50. The van der Waals surface area contributed by atoms with Gasteiger partial charge in [0.25, 0.3) is 0 Å². The van der Waals surface area contributed by atoms with Crippen molar-refractivity contribution < 1.29 is 28.5 Å². The lowest BCUT2D eigenvalue weighted by Crippen LogP contribution is -2.46.